The van der Waals surface area contributed by atoms with Gasteiger partial charge in [0.25, 0.3) is 0 Å². The van der Waals surface area contributed by atoms with Crippen LogP contribution in [0.1, 0.15) is 11.1 Å². The van der Waals surface area contributed by atoms with Crippen LogP contribution in [-0.2, 0) is 21.7 Å². The topological polar surface area (TPSA) is 50.8 Å². The number of hydrogen-bond acceptors (Lipinski definition) is 4. The summed E-state index contributed by atoms with van der Waals surface area (Å²) in [5, 5.41) is 0. The number of rotatable bonds is 3. The maximum Gasteiger partial charge on any atom is 0.410 e. The van der Waals surface area contributed by atoms with Crippen LogP contribution < -0.4 is 5.48 Å². The van der Waals surface area contributed by atoms with Crippen molar-refractivity contribution in [2.75, 3.05) is 19.7 Å². The summed E-state index contributed by atoms with van der Waals surface area (Å²) in [5.74, 6) is 0.226. The maximum absolute atomic E-state index is 12.5. The molecule has 0 radical (unpaired) electrons. The highest BCUT2D eigenvalue weighted by Crippen LogP contribution is 2.40. The Morgan fingerprint density at radius 2 is 1.88 bits per heavy atom. The summed E-state index contributed by atoms with van der Waals surface area (Å²) >= 11 is 0. The predicted octanol–water partition coefficient (Wildman–Crippen LogP) is 2.69. The number of fused-ring (bicyclic) bond motifs is 1. The van der Waals surface area contributed by atoms with Crippen molar-refractivity contribution in [1.82, 2.24) is 10.4 Å². The molecule has 2 aromatic rings. The molecule has 2 atom stereocenters. The van der Waals surface area contributed by atoms with Crippen LogP contribution >= 0.6 is 0 Å². The Morgan fingerprint density at radius 1 is 1.17 bits per heavy atom. The molecule has 2 aromatic carbocycles. The second-order valence-electron chi connectivity index (χ2n) is 6.37. The van der Waals surface area contributed by atoms with E-state index in [4.69, 9.17) is 9.57 Å². The van der Waals surface area contributed by atoms with Crippen LogP contribution in [0.2, 0.25) is 0 Å². The van der Waals surface area contributed by atoms with E-state index in [-0.39, 0.29) is 17.6 Å². The molecule has 1 amide bonds. The van der Waals surface area contributed by atoms with Gasteiger partial charge in [0.15, 0.2) is 0 Å². The normalized spacial score (nSPS) is 25.5. The lowest BCUT2D eigenvalue weighted by Gasteiger charge is -2.27. The molecule has 2 heterocycles. The quantitative estimate of drug-likeness (QED) is 0.943. The molecule has 0 aromatic heterocycles. The Kier molecular flexibility index (Phi) is 3.96. The maximum atomic E-state index is 12.5. The van der Waals surface area contributed by atoms with Gasteiger partial charge in [0.2, 0.25) is 0 Å². The second kappa shape index (κ2) is 6.26. The highest BCUT2D eigenvalue weighted by molar-refractivity contribution is 5.68. The minimum absolute atomic E-state index is 0.226. The van der Waals surface area contributed by atoms with Gasteiger partial charge in [0, 0.05) is 19.0 Å². The molecule has 4 rings (SSSR count). The van der Waals surface area contributed by atoms with Crippen molar-refractivity contribution in [3.05, 3.63) is 71.8 Å². The minimum atomic E-state index is -0.340. The molecule has 5 heteroatoms. The molecule has 2 aliphatic heterocycles. The number of amides is 1. The van der Waals surface area contributed by atoms with Gasteiger partial charge in [-0.25, -0.2) is 4.79 Å². The molecule has 24 heavy (non-hydrogen) atoms. The van der Waals surface area contributed by atoms with Gasteiger partial charge in [0.05, 0.1) is 12.1 Å². The third-order valence-electron chi connectivity index (χ3n) is 4.87. The fourth-order valence-electron chi connectivity index (χ4n) is 3.57. The molecule has 1 N–H and O–H groups in total. The van der Waals surface area contributed by atoms with Crippen LogP contribution in [0.4, 0.5) is 4.79 Å². The number of nitrogens with zero attached hydrogens (tertiary/aromatic N) is 1. The zero-order valence-electron chi connectivity index (χ0n) is 13.4. The Morgan fingerprint density at radius 3 is 2.62 bits per heavy atom. The van der Waals surface area contributed by atoms with Crippen LogP contribution in [0.15, 0.2) is 60.7 Å². The number of hydrogen-bond donors (Lipinski definition) is 1. The first-order valence-electron chi connectivity index (χ1n) is 8.18. The van der Waals surface area contributed by atoms with Crippen molar-refractivity contribution < 1.29 is 14.4 Å². The number of nitrogens with one attached hydrogen (secondary N) is 1. The Bertz CT molecular complexity index is 707. The van der Waals surface area contributed by atoms with E-state index in [1.165, 1.54) is 0 Å². The zero-order chi connectivity index (χ0) is 16.4. The van der Waals surface area contributed by atoms with E-state index in [1.807, 2.05) is 48.5 Å². The van der Waals surface area contributed by atoms with Gasteiger partial charge in [0.1, 0.15) is 6.61 Å². The molecular formula is C19H20N2O3. The Labute approximate surface area is 141 Å². The molecular weight excluding hydrogens is 304 g/mol. The number of ether oxygens (including phenoxy) is 1. The SMILES string of the molecule is O=C(OCc1ccccc1)N1C[C@H]2CON[C@]2(c2ccccc2)C1. The van der Waals surface area contributed by atoms with Gasteiger partial charge in [-0.15, -0.1) is 0 Å². The first kappa shape index (κ1) is 15.2. The van der Waals surface area contributed by atoms with Crippen LogP contribution in [0.3, 0.4) is 0 Å². The summed E-state index contributed by atoms with van der Waals surface area (Å²) in [6.07, 6.45) is -0.273. The summed E-state index contributed by atoms with van der Waals surface area (Å²) < 4.78 is 5.48. The zero-order valence-corrected chi connectivity index (χ0v) is 13.4. The monoisotopic (exact) mass is 324 g/mol. The number of likely N-dealkylation sites (tertiary alicyclic amines) is 1. The lowest BCUT2D eigenvalue weighted by atomic mass is 9.83. The molecule has 5 nitrogen and oxygen atoms in total. The van der Waals surface area contributed by atoms with Crippen LogP contribution in [0, 0.1) is 5.92 Å². The Balaban J connectivity index is 1.46. The molecule has 2 fully saturated rings. The van der Waals surface area contributed by atoms with Crippen LogP contribution in [-0.4, -0.2) is 30.7 Å². The van der Waals surface area contributed by atoms with E-state index in [2.05, 4.69) is 17.6 Å². The first-order valence-corrected chi connectivity index (χ1v) is 8.18. The molecule has 0 spiro atoms. The molecule has 2 saturated heterocycles. The van der Waals surface area contributed by atoms with Gasteiger partial charge in [-0.1, -0.05) is 60.7 Å². The van der Waals surface area contributed by atoms with E-state index >= 15 is 0 Å². The van der Waals surface area contributed by atoms with Gasteiger partial charge in [-0.2, -0.15) is 5.48 Å². The van der Waals surface area contributed by atoms with Crippen molar-refractivity contribution in [1.29, 1.82) is 0 Å². The van der Waals surface area contributed by atoms with Crippen molar-refractivity contribution in [2.45, 2.75) is 12.1 Å². The van der Waals surface area contributed by atoms with E-state index < -0.39 is 0 Å². The van der Waals surface area contributed by atoms with Gasteiger partial charge in [-0.3, -0.25) is 0 Å². The van der Waals surface area contributed by atoms with Crippen LogP contribution in [0.5, 0.6) is 0 Å². The van der Waals surface area contributed by atoms with Crippen molar-refractivity contribution in [3.8, 4) is 0 Å². The highest BCUT2D eigenvalue weighted by atomic mass is 16.7. The number of carbonyl (C=O) groups excluding carboxylic acids is 1. The van der Waals surface area contributed by atoms with E-state index in [0.29, 0.717) is 26.3 Å². The fraction of sp³-hybridized carbons (Fsp3) is 0.316. The largest absolute Gasteiger partial charge is 0.445 e. The number of hydroxylamine groups is 1. The molecule has 2 aliphatic rings. The molecule has 0 aliphatic carbocycles. The smallest absolute Gasteiger partial charge is 0.410 e. The fourth-order valence-corrected chi connectivity index (χ4v) is 3.57. The predicted molar refractivity (Wildman–Crippen MR) is 88.9 cm³/mol. The number of benzene rings is 2. The average Bonchev–Trinajstić information content (AvgIpc) is 3.20. The van der Waals surface area contributed by atoms with E-state index in [0.717, 1.165) is 11.1 Å². The number of carbonyl (C=O) groups is 1. The first-order chi connectivity index (χ1) is 11.8. The molecule has 0 unspecified atom stereocenters. The minimum Gasteiger partial charge on any atom is -0.445 e. The highest BCUT2D eigenvalue weighted by Gasteiger charge is 2.53. The van der Waals surface area contributed by atoms with E-state index in [9.17, 15) is 4.79 Å². The summed E-state index contributed by atoms with van der Waals surface area (Å²) in [6, 6.07) is 19.9. The van der Waals surface area contributed by atoms with Crippen molar-refractivity contribution in [3.63, 3.8) is 0 Å². The van der Waals surface area contributed by atoms with Gasteiger partial charge >= 0.3 is 6.09 Å². The van der Waals surface area contributed by atoms with Gasteiger partial charge < -0.3 is 14.5 Å². The third-order valence-corrected chi connectivity index (χ3v) is 4.87. The lowest BCUT2D eigenvalue weighted by Crippen LogP contribution is -2.44. The summed E-state index contributed by atoms with van der Waals surface area (Å²) in [7, 11) is 0. The third kappa shape index (κ3) is 2.66. The van der Waals surface area contributed by atoms with Crippen molar-refractivity contribution in [2.24, 2.45) is 5.92 Å². The second-order valence-corrected chi connectivity index (χ2v) is 6.37. The van der Waals surface area contributed by atoms with E-state index in [1.54, 1.807) is 4.90 Å². The molecule has 0 saturated carbocycles. The summed E-state index contributed by atoms with van der Waals surface area (Å²) in [5.41, 5.74) is 4.95. The van der Waals surface area contributed by atoms with Crippen molar-refractivity contribution >= 4 is 6.09 Å². The summed E-state index contributed by atoms with van der Waals surface area (Å²) in [6.45, 7) is 2.07. The van der Waals surface area contributed by atoms with Gasteiger partial charge in [-0.05, 0) is 11.1 Å². The standard InChI is InChI=1S/C19H20N2O3/c22-18(23-12-15-7-3-1-4-8-15)21-11-17-13-24-20-19(17,14-21)16-9-5-2-6-10-16/h1-10,17,20H,11-14H2/t17-,19-/m0/s1. The van der Waals surface area contributed by atoms with Crippen LogP contribution in [0.25, 0.3) is 0 Å². The lowest BCUT2D eigenvalue weighted by molar-refractivity contribution is 0.0426. The molecule has 0 bridgehead atoms. The average molecular weight is 324 g/mol. The molecule has 124 valence electrons. The Hall–Kier alpha value is -2.37. The summed E-state index contributed by atoms with van der Waals surface area (Å²) in [4.78, 5) is 19.7.